The van der Waals surface area contributed by atoms with Gasteiger partial charge in [0, 0.05) is 19.5 Å². The van der Waals surface area contributed by atoms with Crippen molar-refractivity contribution in [3.63, 3.8) is 0 Å². The molecule has 1 aliphatic heterocycles. The molecule has 60 heavy (non-hydrogen) atoms. The van der Waals surface area contributed by atoms with Crippen LogP contribution in [0.2, 0.25) is 0 Å². The summed E-state index contributed by atoms with van der Waals surface area (Å²) in [4.78, 5) is 77.3. The molecule has 1 heterocycles. The van der Waals surface area contributed by atoms with Crippen molar-refractivity contribution >= 4 is 35.6 Å². The molecule has 4 amide bonds. The second-order valence-electron chi connectivity index (χ2n) is 15.3. The van der Waals surface area contributed by atoms with Crippen LogP contribution in [0.3, 0.4) is 0 Å². The van der Waals surface area contributed by atoms with E-state index in [1.54, 1.807) is 4.90 Å². The number of nitrogens with two attached hydrogens (primary N) is 3. The van der Waals surface area contributed by atoms with E-state index in [0.29, 0.717) is 19.4 Å². The molecule has 0 aliphatic carbocycles. The number of amides is 4. The van der Waals surface area contributed by atoms with Crippen molar-refractivity contribution in [3.05, 3.63) is 71.8 Å². The van der Waals surface area contributed by atoms with Crippen molar-refractivity contribution in [1.82, 2.24) is 26.2 Å². The molecule has 0 aromatic heterocycles. The Bertz CT molecular complexity index is 1660. The fraction of sp³-hybridized carbons (Fsp3) is 0.561. The van der Waals surface area contributed by atoms with E-state index < -0.39 is 65.5 Å². The number of carboxylic acid groups (broad SMARTS) is 2. The number of hydrogen-bond acceptors (Lipinski definition) is 10. The lowest BCUT2D eigenvalue weighted by Crippen LogP contribution is -2.60. The molecule has 4 atom stereocenters. The normalized spacial score (nSPS) is 15.7. The Morgan fingerprint density at radius 2 is 1.23 bits per heavy atom. The van der Waals surface area contributed by atoms with Crippen LogP contribution in [0.25, 0.3) is 0 Å². The summed E-state index contributed by atoms with van der Waals surface area (Å²) in [6.45, 7) is 6.24. The molecule has 1 fully saturated rings. The maximum Gasteiger partial charge on any atom is 0.490 e. The van der Waals surface area contributed by atoms with Crippen LogP contribution in [0.1, 0.15) is 69.9 Å². The van der Waals surface area contributed by atoms with E-state index in [1.807, 2.05) is 74.5 Å². The highest BCUT2D eigenvalue weighted by Crippen LogP contribution is 2.22. The molecule has 12 N–H and O–H groups in total. The van der Waals surface area contributed by atoms with Crippen molar-refractivity contribution in [2.45, 2.75) is 108 Å². The first-order valence-corrected chi connectivity index (χ1v) is 20.0. The van der Waals surface area contributed by atoms with Crippen molar-refractivity contribution < 1.29 is 52.2 Å². The Kier molecular flexibility index (Phi) is 21.7. The van der Waals surface area contributed by atoms with Gasteiger partial charge in [-0.3, -0.25) is 24.0 Å². The zero-order valence-corrected chi connectivity index (χ0v) is 34.2. The maximum absolute atomic E-state index is 14.0. The molecular weight excluding hydrogens is 789 g/mol. The highest BCUT2D eigenvalue weighted by Gasteiger charge is 2.41. The number of piperidine rings is 1. The molecule has 0 unspecified atom stereocenters. The highest BCUT2D eigenvalue weighted by molar-refractivity contribution is 5.95. The number of unbranched alkanes of at least 4 members (excludes halogenated alkanes) is 1. The van der Waals surface area contributed by atoms with E-state index in [0.717, 1.165) is 37.1 Å². The third-order valence-corrected chi connectivity index (χ3v) is 9.80. The summed E-state index contributed by atoms with van der Waals surface area (Å²) >= 11 is 0. The fourth-order valence-electron chi connectivity index (χ4n) is 6.31. The van der Waals surface area contributed by atoms with Gasteiger partial charge in [-0.05, 0) is 88.0 Å². The van der Waals surface area contributed by atoms with Crippen LogP contribution in [0.4, 0.5) is 13.2 Å². The van der Waals surface area contributed by atoms with Crippen molar-refractivity contribution in [1.29, 1.82) is 0 Å². The number of rotatable bonds is 22. The van der Waals surface area contributed by atoms with Gasteiger partial charge < -0.3 is 53.6 Å². The lowest BCUT2D eigenvalue weighted by Gasteiger charge is -2.38. The van der Waals surface area contributed by atoms with E-state index in [9.17, 15) is 42.3 Å². The lowest BCUT2D eigenvalue weighted by molar-refractivity contribution is -0.192. The van der Waals surface area contributed by atoms with Crippen LogP contribution < -0.4 is 38.5 Å². The van der Waals surface area contributed by atoms with Gasteiger partial charge in [-0.25, -0.2) is 4.79 Å². The molecule has 2 aromatic rings. The molecule has 0 radical (unpaired) electrons. The number of alkyl halides is 3. The smallest absolute Gasteiger partial charge is 0.480 e. The summed E-state index contributed by atoms with van der Waals surface area (Å²) in [5, 5.41) is 28.6. The zero-order chi connectivity index (χ0) is 44.9. The number of nitrogens with zero attached hydrogens (tertiary/aromatic N) is 1. The summed E-state index contributed by atoms with van der Waals surface area (Å²) in [6.07, 6.45) is -1.58. The van der Waals surface area contributed by atoms with Gasteiger partial charge in [0.25, 0.3) is 0 Å². The second-order valence-corrected chi connectivity index (χ2v) is 15.3. The van der Waals surface area contributed by atoms with E-state index in [4.69, 9.17) is 27.1 Å². The monoisotopic (exact) mass is 850 g/mol. The summed E-state index contributed by atoms with van der Waals surface area (Å²) in [7, 11) is 0. The van der Waals surface area contributed by atoms with Crippen molar-refractivity contribution in [2.24, 2.45) is 23.1 Å². The molecule has 0 bridgehead atoms. The van der Waals surface area contributed by atoms with E-state index in [2.05, 4.69) is 21.3 Å². The first-order valence-electron chi connectivity index (χ1n) is 20.0. The molecule has 1 aliphatic rings. The minimum Gasteiger partial charge on any atom is -0.480 e. The topological polar surface area (TPSA) is 272 Å². The number of carboxylic acids is 2. The molecule has 334 valence electrons. The quantitative estimate of drug-likeness (QED) is 0.0762. The van der Waals surface area contributed by atoms with E-state index >= 15 is 0 Å². The number of nitrogens with one attached hydrogen (secondary N) is 4. The van der Waals surface area contributed by atoms with Gasteiger partial charge in [-0.1, -0.05) is 74.5 Å². The first-order chi connectivity index (χ1) is 28.3. The van der Waals surface area contributed by atoms with Gasteiger partial charge in [0.2, 0.25) is 23.6 Å². The largest absolute Gasteiger partial charge is 0.490 e. The number of benzene rings is 2. The molecule has 2 aromatic carbocycles. The van der Waals surface area contributed by atoms with Crippen LogP contribution in [0, 0.1) is 5.92 Å². The Labute approximate surface area is 348 Å². The number of likely N-dealkylation sites (tertiary alicyclic amines) is 1. The number of carbonyl (C=O) groups is 6. The van der Waals surface area contributed by atoms with Crippen molar-refractivity contribution in [2.75, 3.05) is 32.7 Å². The van der Waals surface area contributed by atoms with Crippen LogP contribution in [-0.4, -0.2) is 119 Å². The van der Waals surface area contributed by atoms with Gasteiger partial charge in [0.1, 0.15) is 23.7 Å². The average molecular weight is 851 g/mol. The lowest BCUT2D eigenvalue weighted by atomic mass is 9.88. The van der Waals surface area contributed by atoms with Crippen LogP contribution in [0.15, 0.2) is 60.7 Å². The standard InChI is InChI=1S/C39H60N8O6.C2HF3O2/c1-27(2)24-32(46-36(50)33(26-29-14-7-4-8-15-29)45-34(48)30(41)25-28-12-5-3-6-13-28)35(49)44-31(16-9-10-20-43-21-11-19-40)37(51)47-22-17-39(42,18-23-47)38(52)53;3-2(4,5)1(6)7/h3-8,12-15,27,30-33,43H,9-11,16-26,40-42H2,1-2H3,(H,44,49)(H,45,48)(H,46,50)(H,52,53);(H,6,7)/t30-,31-,32-,33-;/m1./s1. The predicted octanol–water partition coefficient (Wildman–Crippen LogP) is 1.45. The minimum atomic E-state index is -5.08. The van der Waals surface area contributed by atoms with E-state index in [-0.39, 0.29) is 57.0 Å². The molecule has 1 saturated heterocycles. The van der Waals surface area contributed by atoms with Gasteiger partial charge in [-0.15, -0.1) is 0 Å². The molecule has 16 nitrogen and oxygen atoms in total. The Morgan fingerprint density at radius 3 is 1.73 bits per heavy atom. The molecule has 3 rings (SSSR count). The molecular formula is C41H61F3N8O8. The summed E-state index contributed by atoms with van der Waals surface area (Å²) < 4.78 is 31.7. The van der Waals surface area contributed by atoms with Crippen molar-refractivity contribution in [3.8, 4) is 0 Å². The van der Waals surface area contributed by atoms with Crippen LogP contribution in [0.5, 0.6) is 0 Å². The number of aliphatic carboxylic acids is 2. The summed E-state index contributed by atoms with van der Waals surface area (Å²) in [5.74, 6) is -5.76. The SMILES string of the molecule is CC(C)C[C@@H](NC(=O)[C@@H](Cc1ccccc1)NC(=O)[C@H](N)Cc1ccccc1)C(=O)N[C@H](CCCCNCCCN)C(=O)N1CCC(N)(C(=O)O)CC1.O=C(O)C(F)(F)F. The number of halogens is 3. The molecule has 0 spiro atoms. The van der Waals surface area contributed by atoms with E-state index in [1.165, 1.54) is 0 Å². The third kappa shape index (κ3) is 18.4. The Balaban J connectivity index is 0.00000162. The average Bonchev–Trinajstić information content (AvgIpc) is 3.19. The number of carbonyl (C=O) groups excluding carboxylic acids is 4. The zero-order valence-electron chi connectivity index (χ0n) is 34.2. The van der Waals surface area contributed by atoms with Crippen LogP contribution >= 0.6 is 0 Å². The first kappa shape index (κ1) is 51.0. The van der Waals surface area contributed by atoms with Gasteiger partial charge in [0.05, 0.1) is 6.04 Å². The van der Waals surface area contributed by atoms with Crippen LogP contribution in [-0.2, 0) is 41.6 Å². The summed E-state index contributed by atoms with van der Waals surface area (Å²) in [5.41, 5.74) is 18.2. The Morgan fingerprint density at radius 1 is 0.750 bits per heavy atom. The van der Waals surface area contributed by atoms with Gasteiger partial charge in [-0.2, -0.15) is 13.2 Å². The Hall–Kier alpha value is -5.11. The molecule has 19 heteroatoms. The maximum atomic E-state index is 14.0. The second kappa shape index (κ2) is 25.5. The number of hydrogen-bond donors (Lipinski definition) is 9. The fourth-order valence-corrected chi connectivity index (χ4v) is 6.31. The highest BCUT2D eigenvalue weighted by atomic mass is 19.4. The minimum absolute atomic E-state index is 0.00274. The third-order valence-electron chi connectivity index (χ3n) is 9.80. The predicted molar refractivity (Wildman–Crippen MR) is 218 cm³/mol. The molecule has 0 saturated carbocycles. The summed E-state index contributed by atoms with van der Waals surface area (Å²) in [6, 6.07) is 14.8. The van der Waals surface area contributed by atoms with Gasteiger partial charge >= 0.3 is 18.1 Å². The van der Waals surface area contributed by atoms with Gasteiger partial charge in [0.15, 0.2) is 0 Å².